The molecule has 0 fully saturated rings. The van der Waals surface area contributed by atoms with Gasteiger partial charge in [-0.2, -0.15) is 0 Å². The Kier molecular flexibility index (Phi) is 3.47. The lowest BCUT2D eigenvalue weighted by molar-refractivity contribution is -0.144. The summed E-state index contributed by atoms with van der Waals surface area (Å²) in [5.74, 6) is -4.23. The minimum atomic E-state index is -1.39. The fourth-order valence-electron chi connectivity index (χ4n) is 0.859. The standard InChI is InChI=1S/C8H10O4/c1-4(9)7(5(2)10)8(12)6(3)11/h7H,1-3H3. The predicted octanol–water partition coefficient (Wildman–Crippen LogP) is -0.0613. The Labute approximate surface area is 69.9 Å². The van der Waals surface area contributed by atoms with Crippen LogP contribution in [0.15, 0.2) is 0 Å². The van der Waals surface area contributed by atoms with Gasteiger partial charge >= 0.3 is 0 Å². The lowest BCUT2D eigenvalue weighted by Gasteiger charge is -2.04. The third-order valence-corrected chi connectivity index (χ3v) is 1.42. The number of hydrogen-bond donors (Lipinski definition) is 0. The molecule has 0 heterocycles. The molecule has 0 rings (SSSR count). The Morgan fingerprint density at radius 2 is 1.17 bits per heavy atom. The van der Waals surface area contributed by atoms with Crippen molar-refractivity contribution in [1.82, 2.24) is 0 Å². The van der Waals surface area contributed by atoms with E-state index in [1.165, 1.54) is 0 Å². The first-order valence-corrected chi connectivity index (χ1v) is 3.43. The largest absolute Gasteiger partial charge is 0.299 e. The average Bonchev–Trinajstić information content (AvgIpc) is 1.85. The Morgan fingerprint density at radius 1 is 0.833 bits per heavy atom. The highest BCUT2D eigenvalue weighted by molar-refractivity contribution is 6.45. The second-order valence-corrected chi connectivity index (χ2v) is 2.57. The number of Topliss-reactive ketones (excluding diaryl/α,β-unsaturated/α-hetero) is 4. The smallest absolute Gasteiger partial charge is 0.215 e. The molecule has 0 spiro atoms. The molecule has 0 N–H and O–H groups in total. The van der Waals surface area contributed by atoms with Crippen LogP contribution in [-0.4, -0.2) is 23.1 Å². The molecule has 12 heavy (non-hydrogen) atoms. The summed E-state index contributed by atoms with van der Waals surface area (Å²) < 4.78 is 0. The van der Waals surface area contributed by atoms with E-state index >= 15 is 0 Å². The van der Waals surface area contributed by atoms with Gasteiger partial charge in [-0.1, -0.05) is 0 Å². The minimum Gasteiger partial charge on any atom is -0.299 e. The van der Waals surface area contributed by atoms with Gasteiger partial charge in [-0.3, -0.25) is 19.2 Å². The zero-order valence-electron chi connectivity index (χ0n) is 7.21. The van der Waals surface area contributed by atoms with Crippen LogP contribution in [0.3, 0.4) is 0 Å². The molecule has 66 valence electrons. The van der Waals surface area contributed by atoms with Crippen molar-refractivity contribution in [3.63, 3.8) is 0 Å². The van der Waals surface area contributed by atoms with E-state index in [4.69, 9.17) is 0 Å². The van der Waals surface area contributed by atoms with E-state index in [0.717, 1.165) is 20.8 Å². The average molecular weight is 170 g/mol. The van der Waals surface area contributed by atoms with Crippen molar-refractivity contribution < 1.29 is 19.2 Å². The van der Waals surface area contributed by atoms with E-state index in [0.29, 0.717) is 0 Å². The Morgan fingerprint density at radius 3 is 1.25 bits per heavy atom. The number of carbonyl (C=O) groups excluding carboxylic acids is 4. The molecule has 0 aromatic heterocycles. The van der Waals surface area contributed by atoms with Crippen molar-refractivity contribution in [3.05, 3.63) is 0 Å². The SMILES string of the molecule is CC(=O)C(=O)C(C(C)=O)C(C)=O. The summed E-state index contributed by atoms with van der Waals surface area (Å²) in [5, 5.41) is 0. The molecule has 0 unspecified atom stereocenters. The summed E-state index contributed by atoms with van der Waals surface area (Å²) >= 11 is 0. The van der Waals surface area contributed by atoms with Gasteiger partial charge in [0.05, 0.1) is 0 Å². The summed E-state index contributed by atoms with van der Waals surface area (Å²) in [6.07, 6.45) is 0. The fraction of sp³-hybridized carbons (Fsp3) is 0.500. The highest BCUT2D eigenvalue weighted by atomic mass is 16.2. The van der Waals surface area contributed by atoms with E-state index in [9.17, 15) is 19.2 Å². The maximum Gasteiger partial charge on any atom is 0.215 e. The van der Waals surface area contributed by atoms with Crippen LogP contribution in [0, 0.1) is 5.92 Å². The van der Waals surface area contributed by atoms with Gasteiger partial charge in [0.25, 0.3) is 0 Å². The van der Waals surface area contributed by atoms with Gasteiger partial charge < -0.3 is 0 Å². The monoisotopic (exact) mass is 170 g/mol. The van der Waals surface area contributed by atoms with Gasteiger partial charge in [-0.25, -0.2) is 0 Å². The summed E-state index contributed by atoms with van der Waals surface area (Å²) in [4.78, 5) is 42.9. The van der Waals surface area contributed by atoms with Crippen LogP contribution < -0.4 is 0 Å². The third-order valence-electron chi connectivity index (χ3n) is 1.42. The highest BCUT2D eigenvalue weighted by Gasteiger charge is 2.30. The van der Waals surface area contributed by atoms with Crippen LogP contribution in [0.2, 0.25) is 0 Å². The van der Waals surface area contributed by atoms with Gasteiger partial charge in [0.2, 0.25) is 5.78 Å². The van der Waals surface area contributed by atoms with E-state index in [2.05, 4.69) is 0 Å². The molecule has 0 aliphatic heterocycles. The molecule has 4 nitrogen and oxygen atoms in total. The summed E-state index contributed by atoms with van der Waals surface area (Å²) in [5.41, 5.74) is 0. The molecule has 0 aliphatic rings. The Balaban J connectivity index is 4.76. The molecular weight excluding hydrogens is 160 g/mol. The lowest BCUT2D eigenvalue weighted by Crippen LogP contribution is -2.32. The van der Waals surface area contributed by atoms with Crippen LogP contribution in [0.5, 0.6) is 0 Å². The molecule has 0 amide bonds. The van der Waals surface area contributed by atoms with Crippen LogP contribution >= 0.6 is 0 Å². The zero-order valence-corrected chi connectivity index (χ0v) is 7.21. The maximum atomic E-state index is 10.9. The van der Waals surface area contributed by atoms with Crippen molar-refractivity contribution in [2.75, 3.05) is 0 Å². The van der Waals surface area contributed by atoms with Gasteiger partial charge in [-0.15, -0.1) is 0 Å². The van der Waals surface area contributed by atoms with Crippen molar-refractivity contribution in [3.8, 4) is 0 Å². The second kappa shape index (κ2) is 3.90. The van der Waals surface area contributed by atoms with E-state index in [1.54, 1.807) is 0 Å². The lowest BCUT2D eigenvalue weighted by atomic mass is 9.94. The Hall–Kier alpha value is -1.32. The second-order valence-electron chi connectivity index (χ2n) is 2.57. The normalized spacial score (nSPS) is 9.67. The van der Waals surface area contributed by atoms with Gasteiger partial charge in [0.15, 0.2) is 5.78 Å². The third kappa shape index (κ3) is 2.38. The molecule has 0 saturated carbocycles. The topological polar surface area (TPSA) is 68.3 Å². The van der Waals surface area contributed by atoms with Crippen molar-refractivity contribution >= 4 is 23.1 Å². The first kappa shape index (κ1) is 10.7. The summed E-state index contributed by atoms with van der Waals surface area (Å²) in [7, 11) is 0. The molecule has 0 aromatic rings. The van der Waals surface area contributed by atoms with Crippen molar-refractivity contribution in [1.29, 1.82) is 0 Å². The van der Waals surface area contributed by atoms with Gasteiger partial charge in [0, 0.05) is 6.92 Å². The maximum absolute atomic E-state index is 10.9. The van der Waals surface area contributed by atoms with E-state index in [-0.39, 0.29) is 0 Å². The molecule has 0 aromatic carbocycles. The molecular formula is C8H10O4. The molecule has 0 bridgehead atoms. The van der Waals surface area contributed by atoms with Gasteiger partial charge in [0.1, 0.15) is 17.5 Å². The fourth-order valence-corrected chi connectivity index (χ4v) is 0.859. The highest BCUT2D eigenvalue weighted by Crippen LogP contribution is 2.02. The van der Waals surface area contributed by atoms with E-state index in [1.807, 2.05) is 0 Å². The number of rotatable bonds is 4. The minimum absolute atomic E-state index is 0.581. The zero-order chi connectivity index (χ0) is 9.89. The molecule has 0 atom stereocenters. The number of carbonyl (C=O) groups is 4. The van der Waals surface area contributed by atoms with E-state index < -0.39 is 29.1 Å². The van der Waals surface area contributed by atoms with Crippen molar-refractivity contribution in [2.24, 2.45) is 5.92 Å². The summed E-state index contributed by atoms with van der Waals surface area (Å²) in [6, 6.07) is 0. The predicted molar refractivity (Wildman–Crippen MR) is 40.5 cm³/mol. The quantitative estimate of drug-likeness (QED) is 0.437. The van der Waals surface area contributed by atoms with Crippen molar-refractivity contribution in [2.45, 2.75) is 20.8 Å². The first-order chi connectivity index (χ1) is 5.37. The molecule has 0 saturated heterocycles. The molecule has 4 heteroatoms. The number of hydrogen-bond acceptors (Lipinski definition) is 4. The van der Waals surface area contributed by atoms with Gasteiger partial charge in [-0.05, 0) is 13.8 Å². The van der Waals surface area contributed by atoms with Crippen LogP contribution in [0.1, 0.15) is 20.8 Å². The number of ketones is 4. The summed E-state index contributed by atoms with van der Waals surface area (Å²) in [6.45, 7) is 3.28. The molecule has 0 radical (unpaired) electrons. The van der Waals surface area contributed by atoms with Crippen LogP contribution in [-0.2, 0) is 19.2 Å². The molecule has 0 aliphatic carbocycles. The van der Waals surface area contributed by atoms with Crippen LogP contribution in [0.25, 0.3) is 0 Å². The Bertz CT molecular complexity index is 238. The van der Waals surface area contributed by atoms with Crippen LogP contribution in [0.4, 0.5) is 0 Å². The first-order valence-electron chi connectivity index (χ1n) is 3.43.